The van der Waals surface area contributed by atoms with Gasteiger partial charge in [0, 0.05) is 28.3 Å². The first kappa shape index (κ1) is 14.8. The van der Waals surface area contributed by atoms with Gasteiger partial charge in [-0.2, -0.15) is 0 Å². The third-order valence-corrected chi connectivity index (χ3v) is 4.94. The molecule has 0 atom stereocenters. The molecular weight excluding hydrogens is 325 g/mol. The van der Waals surface area contributed by atoms with Gasteiger partial charge >= 0.3 is 0 Å². The first-order chi connectivity index (χ1) is 10.2. The summed E-state index contributed by atoms with van der Waals surface area (Å²) in [5.41, 5.74) is 1.70. The van der Waals surface area contributed by atoms with Crippen molar-refractivity contribution in [2.75, 3.05) is 5.88 Å². The van der Waals surface area contributed by atoms with Crippen LogP contribution in [0.2, 0.25) is 5.02 Å². The zero-order chi connectivity index (χ0) is 14.8. The van der Waals surface area contributed by atoms with E-state index in [4.69, 9.17) is 23.2 Å². The van der Waals surface area contributed by atoms with Crippen LogP contribution in [0.15, 0.2) is 24.4 Å². The van der Waals surface area contributed by atoms with Gasteiger partial charge in [-0.1, -0.05) is 18.5 Å². The zero-order valence-electron chi connectivity index (χ0n) is 11.6. The number of halogens is 2. The maximum absolute atomic E-state index is 6.00. The Bertz CT molecular complexity index is 763. The number of rotatable bonds is 5. The van der Waals surface area contributed by atoms with Crippen LogP contribution in [0.3, 0.4) is 0 Å². The van der Waals surface area contributed by atoms with Crippen molar-refractivity contribution >= 4 is 45.7 Å². The van der Waals surface area contributed by atoms with E-state index in [1.54, 1.807) is 6.20 Å². The van der Waals surface area contributed by atoms with Crippen LogP contribution < -0.4 is 0 Å². The maximum Gasteiger partial charge on any atom is 0.160 e. The quantitative estimate of drug-likeness (QED) is 0.639. The molecule has 0 unspecified atom stereocenters. The van der Waals surface area contributed by atoms with E-state index in [2.05, 4.69) is 33.6 Å². The van der Waals surface area contributed by atoms with E-state index in [1.807, 2.05) is 17.4 Å². The van der Waals surface area contributed by atoms with Gasteiger partial charge in [0.1, 0.15) is 11.3 Å². The van der Waals surface area contributed by atoms with Gasteiger partial charge in [-0.05, 0) is 24.6 Å². The minimum absolute atomic E-state index is 0.543. The van der Waals surface area contributed by atoms with Crippen LogP contribution in [0.4, 0.5) is 0 Å². The predicted molar refractivity (Wildman–Crippen MR) is 89.8 cm³/mol. The molecule has 0 N–H and O–H groups in total. The second-order valence-corrected chi connectivity index (χ2v) is 6.84. The molecular formula is C15H15Cl2N3S. The van der Waals surface area contributed by atoms with Gasteiger partial charge < -0.3 is 4.57 Å². The van der Waals surface area contributed by atoms with E-state index in [-0.39, 0.29) is 0 Å². The molecule has 0 aliphatic rings. The average molecular weight is 340 g/mol. The Labute approximate surface area is 137 Å². The molecule has 0 amide bonds. The Hall–Kier alpha value is -1.10. The Balaban J connectivity index is 2.03. The van der Waals surface area contributed by atoms with E-state index in [0.717, 1.165) is 36.4 Å². The minimum Gasteiger partial charge on any atom is -0.307 e. The van der Waals surface area contributed by atoms with Crippen LogP contribution in [0.5, 0.6) is 0 Å². The second-order valence-electron chi connectivity index (χ2n) is 4.77. The minimum atomic E-state index is 0.543. The SMILES string of the molecule is CCc1ccc(Cn2c(CCCl)nc3cc(Cl)cnc32)s1. The van der Waals surface area contributed by atoms with Gasteiger partial charge in [-0.3, -0.25) is 0 Å². The molecule has 0 spiro atoms. The molecule has 0 fully saturated rings. The number of alkyl halides is 1. The molecule has 0 saturated carbocycles. The van der Waals surface area contributed by atoms with Crippen molar-refractivity contribution in [1.29, 1.82) is 0 Å². The highest BCUT2D eigenvalue weighted by Crippen LogP contribution is 2.23. The summed E-state index contributed by atoms with van der Waals surface area (Å²) in [5.74, 6) is 1.50. The fourth-order valence-corrected chi connectivity index (χ4v) is 3.60. The number of imidazole rings is 1. The van der Waals surface area contributed by atoms with Gasteiger partial charge in [0.25, 0.3) is 0 Å². The Morgan fingerprint density at radius 2 is 2.10 bits per heavy atom. The van der Waals surface area contributed by atoms with Crippen LogP contribution in [-0.4, -0.2) is 20.4 Å². The topological polar surface area (TPSA) is 30.7 Å². The van der Waals surface area contributed by atoms with Crippen molar-refractivity contribution in [3.8, 4) is 0 Å². The van der Waals surface area contributed by atoms with Crippen molar-refractivity contribution in [3.05, 3.63) is 45.0 Å². The molecule has 21 heavy (non-hydrogen) atoms. The third kappa shape index (κ3) is 3.07. The van der Waals surface area contributed by atoms with Gasteiger partial charge in [-0.25, -0.2) is 9.97 Å². The van der Waals surface area contributed by atoms with E-state index in [1.165, 1.54) is 9.75 Å². The number of aromatic nitrogens is 3. The number of pyridine rings is 1. The monoisotopic (exact) mass is 339 g/mol. The molecule has 3 heterocycles. The number of hydrogen-bond donors (Lipinski definition) is 0. The lowest BCUT2D eigenvalue weighted by molar-refractivity contribution is 0.756. The van der Waals surface area contributed by atoms with Crippen molar-refractivity contribution in [2.45, 2.75) is 26.3 Å². The van der Waals surface area contributed by atoms with Crippen molar-refractivity contribution in [1.82, 2.24) is 14.5 Å². The molecule has 3 rings (SSSR count). The number of nitrogens with zero attached hydrogens (tertiary/aromatic N) is 3. The molecule has 110 valence electrons. The molecule has 0 saturated heterocycles. The number of thiophene rings is 1. The van der Waals surface area contributed by atoms with Crippen LogP contribution >= 0.6 is 34.5 Å². The standard InChI is InChI=1S/C15H15Cl2N3S/c1-2-11-3-4-12(21-11)9-20-14(5-6-16)19-13-7-10(17)8-18-15(13)20/h3-4,7-8H,2,5-6,9H2,1H3. The van der Waals surface area contributed by atoms with E-state index in [9.17, 15) is 0 Å². The van der Waals surface area contributed by atoms with Gasteiger partial charge in [0.05, 0.1) is 11.6 Å². The molecule has 3 aromatic rings. The molecule has 3 nitrogen and oxygen atoms in total. The smallest absolute Gasteiger partial charge is 0.160 e. The molecule has 0 aromatic carbocycles. The molecule has 0 radical (unpaired) electrons. The van der Waals surface area contributed by atoms with Crippen molar-refractivity contribution in [2.24, 2.45) is 0 Å². The molecule has 0 bridgehead atoms. The lowest BCUT2D eigenvalue weighted by Gasteiger charge is -2.06. The average Bonchev–Trinajstić information content (AvgIpc) is 3.05. The summed E-state index contributed by atoms with van der Waals surface area (Å²) >= 11 is 13.7. The lowest BCUT2D eigenvalue weighted by atomic mass is 10.3. The second kappa shape index (κ2) is 6.34. The summed E-state index contributed by atoms with van der Waals surface area (Å²) in [4.78, 5) is 11.8. The third-order valence-electron chi connectivity index (χ3n) is 3.33. The summed E-state index contributed by atoms with van der Waals surface area (Å²) < 4.78 is 2.14. The first-order valence-corrected chi connectivity index (χ1v) is 8.58. The highest BCUT2D eigenvalue weighted by atomic mass is 35.5. The largest absolute Gasteiger partial charge is 0.307 e. The van der Waals surface area contributed by atoms with Crippen molar-refractivity contribution < 1.29 is 0 Å². The highest BCUT2D eigenvalue weighted by Gasteiger charge is 2.13. The summed E-state index contributed by atoms with van der Waals surface area (Å²) in [7, 11) is 0. The van der Waals surface area contributed by atoms with E-state index < -0.39 is 0 Å². The number of hydrogen-bond acceptors (Lipinski definition) is 3. The predicted octanol–water partition coefficient (Wildman–Crippen LogP) is 4.54. The number of fused-ring (bicyclic) bond motifs is 1. The normalized spacial score (nSPS) is 11.4. The zero-order valence-corrected chi connectivity index (χ0v) is 14.0. The lowest BCUT2D eigenvalue weighted by Crippen LogP contribution is -2.05. The summed E-state index contributed by atoms with van der Waals surface area (Å²) in [6, 6.07) is 6.21. The Morgan fingerprint density at radius 3 is 2.81 bits per heavy atom. The molecule has 3 aromatic heterocycles. The van der Waals surface area contributed by atoms with Crippen molar-refractivity contribution in [3.63, 3.8) is 0 Å². The molecule has 0 aliphatic heterocycles. The van der Waals surface area contributed by atoms with Gasteiger partial charge in [-0.15, -0.1) is 22.9 Å². The van der Waals surface area contributed by atoms with Gasteiger partial charge in [0.2, 0.25) is 0 Å². The maximum atomic E-state index is 6.00. The fraction of sp³-hybridized carbons (Fsp3) is 0.333. The first-order valence-electron chi connectivity index (χ1n) is 6.85. The molecule has 0 aliphatic carbocycles. The Kier molecular flexibility index (Phi) is 4.48. The Morgan fingerprint density at radius 1 is 1.29 bits per heavy atom. The van der Waals surface area contributed by atoms with Crippen LogP contribution in [0.25, 0.3) is 11.2 Å². The summed E-state index contributed by atoms with van der Waals surface area (Å²) in [5, 5.41) is 0.606. The summed E-state index contributed by atoms with van der Waals surface area (Å²) in [6.45, 7) is 2.95. The van der Waals surface area contributed by atoms with Crippen LogP contribution in [0, 0.1) is 0 Å². The molecule has 6 heteroatoms. The van der Waals surface area contributed by atoms with Gasteiger partial charge in [0.15, 0.2) is 5.65 Å². The number of aryl methyl sites for hydroxylation is 2. The van der Waals surface area contributed by atoms with E-state index in [0.29, 0.717) is 10.9 Å². The van der Waals surface area contributed by atoms with Crippen LogP contribution in [0.1, 0.15) is 22.5 Å². The highest BCUT2D eigenvalue weighted by molar-refractivity contribution is 7.11. The summed E-state index contributed by atoms with van der Waals surface area (Å²) in [6.07, 6.45) is 3.46. The van der Waals surface area contributed by atoms with E-state index >= 15 is 0 Å². The van der Waals surface area contributed by atoms with Crippen LogP contribution in [-0.2, 0) is 19.4 Å². The fourth-order valence-electron chi connectivity index (χ4n) is 2.33.